The number of halogens is 1. The van der Waals surface area contributed by atoms with Gasteiger partial charge in [0, 0.05) is 6.42 Å². The lowest BCUT2D eigenvalue weighted by atomic mass is 10.1. The van der Waals surface area contributed by atoms with Crippen LogP contribution in [0.25, 0.3) is 0 Å². The van der Waals surface area contributed by atoms with Crippen molar-refractivity contribution in [3.05, 3.63) is 71.8 Å². The van der Waals surface area contributed by atoms with Crippen LogP contribution in [0.1, 0.15) is 40.5 Å². The molecule has 0 fully saturated rings. The zero-order valence-corrected chi connectivity index (χ0v) is 16.2. The Kier molecular flexibility index (Phi) is 8.44. The van der Waals surface area contributed by atoms with Crippen molar-refractivity contribution in [3.63, 3.8) is 0 Å². The summed E-state index contributed by atoms with van der Waals surface area (Å²) in [4.78, 5) is 24.7. The van der Waals surface area contributed by atoms with E-state index in [4.69, 9.17) is 21.1 Å². The molecule has 0 saturated heterocycles. The van der Waals surface area contributed by atoms with Crippen LogP contribution in [0.2, 0.25) is 0 Å². The molecule has 0 saturated carbocycles. The van der Waals surface area contributed by atoms with Crippen LogP contribution < -0.4 is 0 Å². The van der Waals surface area contributed by atoms with Crippen LogP contribution in [0.4, 0.5) is 0 Å². The summed E-state index contributed by atoms with van der Waals surface area (Å²) in [5, 5.41) is 19.1. The number of benzene rings is 2. The van der Waals surface area contributed by atoms with Gasteiger partial charge in [0.2, 0.25) is 0 Å². The standard InChI is InChI=1S/C21H23ClO6/c1-2-16(23)19(22)17(24)13-18(27-20(25)14-9-5-3-6-10-14)28-21(26)15-11-7-4-8-12-15/h3-12,16-19,23-24H,2,13H2,1H3. The lowest BCUT2D eigenvalue weighted by Gasteiger charge is -2.25. The van der Waals surface area contributed by atoms with Crippen molar-refractivity contribution in [2.24, 2.45) is 0 Å². The Bertz CT molecular complexity index is 699. The first-order valence-electron chi connectivity index (χ1n) is 8.94. The molecule has 0 amide bonds. The van der Waals surface area contributed by atoms with Gasteiger partial charge in [-0.15, -0.1) is 11.6 Å². The molecule has 0 radical (unpaired) electrons. The third-order valence-corrected chi connectivity index (χ3v) is 4.67. The van der Waals surface area contributed by atoms with Crippen LogP contribution in [0.15, 0.2) is 60.7 Å². The molecule has 150 valence electrons. The number of aliphatic hydroxyl groups excluding tert-OH is 2. The minimum atomic E-state index is -1.37. The summed E-state index contributed by atoms with van der Waals surface area (Å²) in [6.07, 6.45) is -3.52. The van der Waals surface area contributed by atoms with Crippen molar-refractivity contribution in [1.29, 1.82) is 0 Å². The number of aliphatic hydroxyl groups is 2. The van der Waals surface area contributed by atoms with Crippen molar-refractivity contribution in [1.82, 2.24) is 0 Å². The number of hydrogen-bond donors (Lipinski definition) is 2. The molecular weight excluding hydrogens is 384 g/mol. The molecular formula is C21H23ClO6. The van der Waals surface area contributed by atoms with Gasteiger partial charge in [0.15, 0.2) is 0 Å². The maximum Gasteiger partial charge on any atom is 0.341 e. The van der Waals surface area contributed by atoms with Gasteiger partial charge in [-0.25, -0.2) is 9.59 Å². The molecule has 2 aromatic carbocycles. The summed E-state index contributed by atoms with van der Waals surface area (Å²) < 4.78 is 10.6. The second-order valence-corrected chi connectivity index (χ2v) is 6.70. The summed E-state index contributed by atoms with van der Waals surface area (Å²) in [6.45, 7) is 1.72. The molecule has 0 aliphatic heterocycles. The first-order valence-corrected chi connectivity index (χ1v) is 9.38. The first-order chi connectivity index (χ1) is 13.4. The van der Waals surface area contributed by atoms with E-state index in [1.54, 1.807) is 67.6 Å². The summed E-state index contributed by atoms with van der Waals surface area (Å²) in [6, 6.07) is 16.4. The van der Waals surface area contributed by atoms with Gasteiger partial charge in [-0.1, -0.05) is 43.3 Å². The van der Waals surface area contributed by atoms with Gasteiger partial charge in [-0.2, -0.15) is 0 Å². The van der Waals surface area contributed by atoms with E-state index in [1.807, 2.05) is 0 Å². The van der Waals surface area contributed by atoms with Gasteiger partial charge in [0.1, 0.15) is 0 Å². The average Bonchev–Trinajstić information content (AvgIpc) is 2.73. The number of carbonyl (C=O) groups is 2. The molecule has 28 heavy (non-hydrogen) atoms. The molecule has 0 aliphatic carbocycles. The molecule has 0 heterocycles. The number of alkyl halides is 1. The van der Waals surface area contributed by atoms with Crippen molar-refractivity contribution >= 4 is 23.5 Å². The molecule has 0 aliphatic rings. The Hall–Kier alpha value is -2.41. The van der Waals surface area contributed by atoms with E-state index in [-0.39, 0.29) is 17.5 Å². The molecule has 7 heteroatoms. The molecule has 2 rings (SSSR count). The van der Waals surface area contributed by atoms with Crippen LogP contribution in [-0.2, 0) is 9.47 Å². The van der Waals surface area contributed by atoms with E-state index in [0.717, 1.165) is 0 Å². The third kappa shape index (κ3) is 6.34. The molecule has 6 nitrogen and oxygen atoms in total. The van der Waals surface area contributed by atoms with E-state index in [1.165, 1.54) is 0 Å². The second kappa shape index (κ2) is 10.8. The van der Waals surface area contributed by atoms with Crippen LogP contribution in [0.3, 0.4) is 0 Å². The molecule has 2 aromatic rings. The van der Waals surface area contributed by atoms with E-state index < -0.39 is 35.8 Å². The van der Waals surface area contributed by atoms with Crippen LogP contribution in [-0.4, -0.2) is 46.0 Å². The fourth-order valence-electron chi connectivity index (χ4n) is 2.45. The predicted octanol–water partition coefficient (Wildman–Crippen LogP) is 3.16. The van der Waals surface area contributed by atoms with Crippen molar-refractivity contribution in [2.75, 3.05) is 0 Å². The maximum atomic E-state index is 12.3. The molecule has 0 spiro atoms. The number of carbonyl (C=O) groups excluding carboxylic acids is 2. The highest BCUT2D eigenvalue weighted by molar-refractivity contribution is 6.21. The monoisotopic (exact) mass is 406 g/mol. The van der Waals surface area contributed by atoms with E-state index >= 15 is 0 Å². The van der Waals surface area contributed by atoms with Gasteiger partial charge < -0.3 is 19.7 Å². The SMILES string of the molecule is CCC(O)C(Cl)C(O)CC(OC(=O)c1ccccc1)OC(=O)c1ccccc1. The highest BCUT2D eigenvalue weighted by Crippen LogP contribution is 2.19. The zero-order valence-electron chi connectivity index (χ0n) is 15.4. The van der Waals surface area contributed by atoms with E-state index in [9.17, 15) is 19.8 Å². The molecule has 3 atom stereocenters. The Morgan fingerprint density at radius 2 is 1.29 bits per heavy atom. The fourth-order valence-corrected chi connectivity index (χ4v) is 2.73. The Balaban J connectivity index is 2.12. The highest BCUT2D eigenvalue weighted by Gasteiger charge is 2.30. The molecule has 3 unspecified atom stereocenters. The third-order valence-electron chi connectivity index (χ3n) is 4.08. The van der Waals surface area contributed by atoms with Crippen molar-refractivity contribution < 1.29 is 29.3 Å². The predicted molar refractivity (Wildman–Crippen MR) is 104 cm³/mol. The van der Waals surface area contributed by atoms with Gasteiger partial charge >= 0.3 is 11.9 Å². The summed E-state index contributed by atoms with van der Waals surface area (Å²) in [7, 11) is 0. The zero-order chi connectivity index (χ0) is 20.5. The number of rotatable bonds is 9. The highest BCUT2D eigenvalue weighted by atomic mass is 35.5. The van der Waals surface area contributed by atoms with Crippen LogP contribution >= 0.6 is 11.6 Å². The van der Waals surface area contributed by atoms with Gasteiger partial charge in [0.25, 0.3) is 6.29 Å². The van der Waals surface area contributed by atoms with E-state index in [0.29, 0.717) is 6.42 Å². The topological polar surface area (TPSA) is 93.1 Å². The van der Waals surface area contributed by atoms with Gasteiger partial charge in [0.05, 0.1) is 28.7 Å². The second-order valence-electron chi connectivity index (χ2n) is 6.20. The average molecular weight is 407 g/mol. The minimum absolute atomic E-state index is 0.272. The lowest BCUT2D eigenvalue weighted by molar-refractivity contribution is -0.0998. The summed E-state index contributed by atoms with van der Waals surface area (Å²) in [5.74, 6) is -1.42. The first kappa shape index (κ1) is 21.9. The fraction of sp³-hybridized carbons (Fsp3) is 0.333. The smallest absolute Gasteiger partial charge is 0.341 e. The maximum absolute atomic E-state index is 12.3. The van der Waals surface area contributed by atoms with Crippen LogP contribution in [0, 0.1) is 0 Å². The minimum Gasteiger partial charge on any atom is -0.421 e. The lowest BCUT2D eigenvalue weighted by Crippen LogP contribution is -2.37. The van der Waals surface area contributed by atoms with Gasteiger partial charge in [-0.05, 0) is 30.7 Å². The number of hydrogen-bond acceptors (Lipinski definition) is 6. The Labute approximate surface area is 168 Å². The number of ether oxygens (including phenoxy) is 2. The quantitative estimate of drug-likeness (QED) is 0.377. The van der Waals surface area contributed by atoms with E-state index in [2.05, 4.69) is 0 Å². The largest absolute Gasteiger partial charge is 0.421 e. The Morgan fingerprint density at radius 3 is 1.68 bits per heavy atom. The summed E-state index contributed by atoms with van der Waals surface area (Å²) >= 11 is 6.05. The van der Waals surface area contributed by atoms with Gasteiger partial charge in [-0.3, -0.25) is 0 Å². The summed E-state index contributed by atoms with van der Waals surface area (Å²) in [5.41, 5.74) is 0.544. The van der Waals surface area contributed by atoms with Crippen molar-refractivity contribution in [3.8, 4) is 0 Å². The Morgan fingerprint density at radius 1 is 0.857 bits per heavy atom. The van der Waals surface area contributed by atoms with Crippen molar-refractivity contribution in [2.45, 2.75) is 43.6 Å². The molecule has 0 bridgehead atoms. The van der Waals surface area contributed by atoms with Crippen LogP contribution in [0.5, 0.6) is 0 Å². The molecule has 2 N–H and O–H groups in total. The normalized spacial score (nSPS) is 14.2. The molecule has 0 aromatic heterocycles. The number of esters is 2.